The van der Waals surface area contributed by atoms with E-state index in [4.69, 9.17) is 0 Å². The lowest BCUT2D eigenvalue weighted by atomic mass is 9.67. The molecular formula is C18H28ClN3O3S. The van der Waals surface area contributed by atoms with E-state index in [1.54, 1.807) is 18.2 Å². The van der Waals surface area contributed by atoms with Crippen LogP contribution in [0.1, 0.15) is 44.2 Å². The lowest BCUT2D eigenvalue weighted by molar-refractivity contribution is -0.134. The first kappa shape index (κ1) is 21.2. The van der Waals surface area contributed by atoms with Crippen LogP contribution < -0.4 is 15.4 Å². The van der Waals surface area contributed by atoms with E-state index in [1.807, 2.05) is 13.0 Å². The second-order valence-corrected chi connectivity index (χ2v) is 9.09. The number of rotatable bonds is 5. The van der Waals surface area contributed by atoms with Gasteiger partial charge in [0, 0.05) is 6.54 Å². The van der Waals surface area contributed by atoms with Gasteiger partial charge in [-0.1, -0.05) is 25.0 Å². The lowest BCUT2D eigenvalue weighted by Gasteiger charge is -2.38. The summed E-state index contributed by atoms with van der Waals surface area (Å²) in [5.41, 5.74) is 0.487. The molecule has 2 aliphatic rings. The summed E-state index contributed by atoms with van der Waals surface area (Å²) < 4.78 is 26.3. The molecule has 1 aliphatic carbocycles. The van der Waals surface area contributed by atoms with E-state index in [-0.39, 0.29) is 34.7 Å². The number of sulfonamides is 1. The number of hydrogen-bond acceptors (Lipinski definition) is 4. The largest absolute Gasteiger partial charge is 0.349 e. The zero-order valence-electron chi connectivity index (χ0n) is 15.2. The van der Waals surface area contributed by atoms with Gasteiger partial charge in [0.05, 0.1) is 16.4 Å². The molecule has 1 aromatic rings. The molecule has 1 unspecified atom stereocenters. The number of halogens is 1. The highest BCUT2D eigenvalue weighted by Gasteiger charge is 2.49. The molecule has 0 radical (unpaired) electrons. The predicted molar refractivity (Wildman–Crippen MR) is 104 cm³/mol. The SMILES string of the molecule is CNS(=O)(=O)c1cccc(C(C)NC(=O)[C@@]23CCCC[C@H]2CNC3)c1.Cl. The van der Waals surface area contributed by atoms with Crippen molar-refractivity contribution in [3.8, 4) is 0 Å². The maximum atomic E-state index is 13.0. The van der Waals surface area contributed by atoms with Gasteiger partial charge in [-0.3, -0.25) is 4.79 Å². The summed E-state index contributed by atoms with van der Waals surface area (Å²) in [6.45, 7) is 3.56. The third-order valence-corrected chi connectivity index (χ3v) is 7.19. The molecule has 6 nitrogen and oxygen atoms in total. The number of amides is 1. The van der Waals surface area contributed by atoms with Crippen LogP contribution in [0.3, 0.4) is 0 Å². The normalized spacial score (nSPS) is 26.5. The molecule has 2 fully saturated rings. The molecule has 3 rings (SSSR count). The van der Waals surface area contributed by atoms with Gasteiger partial charge >= 0.3 is 0 Å². The minimum absolute atomic E-state index is 0. The van der Waals surface area contributed by atoms with Gasteiger partial charge < -0.3 is 10.6 Å². The monoisotopic (exact) mass is 401 g/mol. The molecule has 1 aromatic carbocycles. The van der Waals surface area contributed by atoms with Gasteiger partial charge in [0.2, 0.25) is 15.9 Å². The first-order chi connectivity index (χ1) is 11.9. The van der Waals surface area contributed by atoms with E-state index in [1.165, 1.54) is 13.5 Å². The Balaban J connectivity index is 0.00000243. The van der Waals surface area contributed by atoms with E-state index in [2.05, 4.69) is 15.4 Å². The summed E-state index contributed by atoms with van der Waals surface area (Å²) in [4.78, 5) is 13.3. The molecular weight excluding hydrogens is 374 g/mol. The standard InChI is InChI=1S/C18H27N3O3S.ClH/c1-13(14-6-5-8-16(10-14)25(23,24)19-2)21-17(22)18-9-4-3-7-15(18)11-20-12-18;/h5-6,8,10,13,15,19-20H,3-4,7,9,11-12H2,1-2H3,(H,21,22);1H/t13?,15-,18+;/m0./s1. The third kappa shape index (κ3) is 3.91. The van der Waals surface area contributed by atoms with E-state index in [0.29, 0.717) is 5.92 Å². The summed E-state index contributed by atoms with van der Waals surface area (Å²) in [6.07, 6.45) is 4.32. The molecule has 26 heavy (non-hydrogen) atoms. The highest BCUT2D eigenvalue weighted by atomic mass is 35.5. The number of nitrogens with one attached hydrogen (secondary N) is 3. The Morgan fingerprint density at radius 3 is 2.85 bits per heavy atom. The summed E-state index contributed by atoms with van der Waals surface area (Å²) in [5.74, 6) is 0.501. The fraction of sp³-hybridized carbons (Fsp3) is 0.611. The fourth-order valence-electron chi connectivity index (χ4n) is 4.18. The Morgan fingerprint density at radius 2 is 2.12 bits per heavy atom. The predicted octanol–water partition coefficient (Wildman–Crippen LogP) is 1.97. The van der Waals surface area contributed by atoms with Crippen LogP contribution in [0.25, 0.3) is 0 Å². The van der Waals surface area contributed by atoms with Crippen molar-refractivity contribution < 1.29 is 13.2 Å². The molecule has 1 amide bonds. The molecule has 0 bridgehead atoms. The number of fused-ring (bicyclic) bond motifs is 1. The Kier molecular flexibility index (Phi) is 6.71. The average Bonchev–Trinajstić information content (AvgIpc) is 3.07. The van der Waals surface area contributed by atoms with Crippen LogP contribution in [0, 0.1) is 11.3 Å². The van der Waals surface area contributed by atoms with Crippen LogP contribution in [0.15, 0.2) is 29.2 Å². The zero-order valence-corrected chi connectivity index (χ0v) is 16.9. The molecule has 1 saturated heterocycles. The number of hydrogen-bond donors (Lipinski definition) is 3. The van der Waals surface area contributed by atoms with Crippen molar-refractivity contribution in [2.45, 2.75) is 43.5 Å². The van der Waals surface area contributed by atoms with Crippen molar-refractivity contribution in [2.75, 3.05) is 20.1 Å². The van der Waals surface area contributed by atoms with Crippen molar-refractivity contribution >= 4 is 28.3 Å². The molecule has 1 aliphatic heterocycles. The Morgan fingerprint density at radius 1 is 1.35 bits per heavy atom. The highest BCUT2D eigenvalue weighted by Crippen LogP contribution is 2.44. The van der Waals surface area contributed by atoms with Gasteiger partial charge in [0.15, 0.2) is 0 Å². The van der Waals surface area contributed by atoms with Gasteiger partial charge in [-0.15, -0.1) is 12.4 Å². The van der Waals surface area contributed by atoms with Crippen molar-refractivity contribution in [2.24, 2.45) is 11.3 Å². The second-order valence-electron chi connectivity index (χ2n) is 7.20. The van der Waals surface area contributed by atoms with E-state index < -0.39 is 10.0 Å². The molecule has 0 spiro atoms. The Hall–Kier alpha value is -1.15. The highest BCUT2D eigenvalue weighted by molar-refractivity contribution is 7.89. The molecule has 1 saturated carbocycles. The van der Waals surface area contributed by atoms with Crippen LogP contribution >= 0.6 is 12.4 Å². The first-order valence-electron chi connectivity index (χ1n) is 8.94. The van der Waals surface area contributed by atoms with Gasteiger partial charge in [-0.25, -0.2) is 13.1 Å². The number of carbonyl (C=O) groups is 1. The van der Waals surface area contributed by atoms with E-state index in [9.17, 15) is 13.2 Å². The first-order valence-corrected chi connectivity index (χ1v) is 10.4. The summed E-state index contributed by atoms with van der Waals surface area (Å²) in [6, 6.07) is 6.50. The Bertz CT molecular complexity index is 756. The third-order valence-electron chi connectivity index (χ3n) is 5.78. The van der Waals surface area contributed by atoms with Crippen molar-refractivity contribution in [1.82, 2.24) is 15.4 Å². The minimum Gasteiger partial charge on any atom is -0.349 e. The van der Waals surface area contributed by atoms with Crippen molar-refractivity contribution in [3.63, 3.8) is 0 Å². The second kappa shape index (κ2) is 8.25. The van der Waals surface area contributed by atoms with Crippen molar-refractivity contribution in [3.05, 3.63) is 29.8 Å². The summed E-state index contributed by atoms with van der Waals surface area (Å²) in [5, 5.41) is 6.52. The van der Waals surface area contributed by atoms with E-state index >= 15 is 0 Å². The average molecular weight is 402 g/mol. The fourth-order valence-corrected chi connectivity index (χ4v) is 4.97. The van der Waals surface area contributed by atoms with Gasteiger partial charge in [-0.05, 0) is 57.0 Å². The number of benzene rings is 1. The molecule has 3 N–H and O–H groups in total. The quantitative estimate of drug-likeness (QED) is 0.704. The number of carbonyl (C=O) groups excluding carboxylic acids is 1. The molecule has 146 valence electrons. The maximum absolute atomic E-state index is 13.0. The maximum Gasteiger partial charge on any atom is 0.240 e. The van der Waals surface area contributed by atoms with Crippen molar-refractivity contribution in [1.29, 1.82) is 0 Å². The van der Waals surface area contributed by atoms with Crippen LogP contribution in [0.5, 0.6) is 0 Å². The topological polar surface area (TPSA) is 87.3 Å². The van der Waals surface area contributed by atoms with Gasteiger partial charge in [-0.2, -0.15) is 0 Å². The summed E-state index contributed by atoms with van der Waals surface area (Å²) in [7, 11) is -2.10. The zero-order chi connectivity index (χ0) is 18.1. The molecule has 1 heterocycles. The summed E-state index contributed by atoms with van der Waals surface area (Å²) >= 11 is 0. The van der Waals surface area contributed by atoms with Crippen LogP contribution in [0.4, 0.5) is 0 Å². The Labute approximate surface area is 162 Å². The smallest absolute Gasteiger partial charge is 0.240 e. The van der Waals surface area contributed by atoms with Gasteiger partial charge in [0.25, 0.3) is 0 Å². The molecule has 8 heteroatoms. The molecule has 3 atom stereocenters. The van der Waals surface area contributed by atoms with Crippen LogP contribution in [0.2, 0.25) is 0 Å². The minimum atomic E-state index is -3.49. The molecule has 0 aromatic heterocycles. The van der Waals surface area contributed by atoms with Gasteiger partial charge in [0.1, 0.15) is 0 Å². The lowest BCUT2D eigenvalue weighted by Crippen LogP contribution is -2.48. The van der Waals surface area contributed by atoms with Crippen LogP contribution in [-0.4, -0.2) is 34.5 Å². The van der Waals surface area contributed by atoms with Crippen LogP contribution in [-0.2, 0) is 14.8 Å². The van der Waals surface area contributed by atoms with E-state index in [0.717, 1.165) is 37.9 Å².